The third kappa shape index (κ3) is 4.86. The fourth-order valence-electron chi connectivity index (χ4n) is 1.57. The molecule has 0 bridgehead atoms. The summed E-state index contributed by atoms with van der Waals surface area (Å²) in [6.07, 6.45) is 0.740. The van der Waals surface area contributed by atoms with Crippen LogP contribution in [-0.4, -0.2) is 41.5 Å². The van der Waals surface area contributed by atoms with Crippen molar-refractivity contribution in [3.8, 4) is 0 Å². The highest BCUT2D eigenvalue weighted by Gasteiger charge is 2.15. The summed E-state index contributed by atoms with van der Waals surface area (Å²) in [7, 11) is 0. The van der Waals surface area contributed by atoms with Crippen molar-refractivity contribution in [3.63, 3.8) is 0 Å². The Morgan fingerprint density at radius 3 is 2.50 bits per heavy atom. The van der Waals surface area contributed by atoms with E-state index in [1.807, 2.05) is 37.3 Å². The first-order chi connectivity index (χ1) is 8.63. The number of carbonyl (C=O) groups is 2. The topological polar surface area (TPSA) is 69.6 Å². The lowest BCUT2D eigenvalue weighted by atomic mass is 10.3. The number of hydrogen-bond donors (Lipinski definition) is 2. The van der Waals surface area contributed by atoms with E-state index in [-0.39, 0.29) is 19.0 Å². The second-order valence-corrected chi connectivity index (χ2v) is 3.93. The predicted octanol–water partition coefficient (Wildman–Crippen LogP) is 1.42. The summed E-state index contributed by atoms with van der Waals surface area (Å²) in [6, 6.07) is 9.34. The van der Waals surface area contributed by atoms with Gasteiger partial charge in [0.2, 0.25) is 5.91 Å². The minimum absolute atomic E-state index is 0.108. The third-order valence-corrected chi connectivity index (χ3v) is 2.39. The van der Waals surface area contributed by atoms with Gasteiger partial charge in [-0.05, 0) is 18.6 Å². The van der Waals surface area contributed by atoms with Crippen LogP contribution in [0.25, 0.3) is 0 Å². The summed E-state index contributed by atoms with van der Waals surface area (Å²) in [4.78, 5) is 23.8. The van der Waals surface area contributed by atoms with E-state index in [4.69, 9.17) is 5.11 Å². The molecule has 0 aliphatic carbocycles. The minimum atomic E-state index is -0.989. The Morgan fingerprint density at radius 1 is 1.28 bits per heavy atom. The number of para-hydroxylation sites is 1. The van der Waals surface area contributed by atoms with Crippen LogP contribution < -0.4 is 5.32 Å². The number of carboxylic acids is 1. The molecule has 0 saturated carbocycles. The zero-order chi connectivity index (χ0) is 13.4. The Kier molecular flexibility index (Phi) is 5.70. The van der Waals surface area contributed by atoms with E-state index < -0.39 is 5.97 Å². The molecular weight excluding hydrogens is 232 g/mol. The van der Waals surface area contributed by atoms with Gasteiger partial charge in [0.25, 0.3) is 0 Å². The number of anilines is 1. The second-order valence-electron chi connectivity index (χ2n) is 3.93. The van der Waals surface area contributed by atoms with Crippen LogP contribution >= 0.6 is 0 Å². The van der Waals surface area contributed by atoms with Crippen molar-refractivity contribution in [1.29, 1.82) is 0 Å². The molecule has 0 heterocycles. The van der Waals surface area contributed by atoms with Crippen LogP contribution in [0.2, 0.25) is 0 Å². The van der Waals surface area contributed by atoms with E-state index >= 15 is 0 Å². The summed E-state index contributed by atoms with van der Waals surface area (Å²) < 4.78 is 0. The van der Waals surface area contributed by atoms with Gasteiger partial charge in [-0.2, -0.15) is 0 Å². The highest BCUT2D eigenvalue weighted by Crippen LogP contribution is 2.04. The normalized spacial score (nSPS) is 9.83. The lowest BCUT2D eigenvalue weighted by molar-refractivity contribution is -0.143. The fourth-order valence-corrected chi connectivity index (χ4v) is 1.57. The van der Waals surface area contributed by atoms with Crippen LogP contribution in [0.3, 0.4) is 0 Å². The highest BCUT2D eigenvalue weighted by molar-refractivity contribution is 5.84. The molecule has 5 nitrogen and oxygen atoms in total. The van der Waals surface area contributed by atoms with Crippen LogP contribution in [0.1, 0.15) is 13.3 Å². The van der Waals surface area contributed by atoms with Gasteiger partial charge < -0.3 is 15.3 Å². The number of aliphatic carboxylic acids is 1. The molecule has 18 heavy (non-hydrogen) atoms. The maximum Gasteiger partial charge on any atom is 0.323 e. The van der Waals surface area contributed by atoms with Crippen molar-refractivity contribution in [2.75, 3.05) is 25.0 Å². The van der Waals surface area contributed by atoms with Gasteiger partial charge in [0, 0.05) is 12.2 Å². The van der Waals surface area contributed by atoms with Crippen molar-refractivity contribution in [3.05, 3.63) is 30.3 Å². The second kappa shape index (κ2) is 7.32. The van der Waals surface area contributed by atoms with Crippen molar-refractivity contribution in [2.45, 2.75) is 13.3 Å². The molecule has 0 radical (unpaired) electrons. The van der Waals surface area contributed by atoms with Gasteiger partial charge in [0.05, 0.1) is 6.54 Å². The molecule has 0 aromatic heterocycles. The third-order valence-electron chi connectivity index (χ3n) is 2.39. The zero-order valence-corrected chi connectivity index (χ0v) is 10.4. The number of nitrogens with one attached hydrogen (secondary N) is 1. The van der Waals surface area contributed by atoms with Crippen LogP contribution in [0.5, 0.6) is 0 Å². The molecule has 1 rings (SSSR count). The average Bonchev–Trinajstić information content (AvgIpc) is 2.36. The molecule has 0 fully saturated rings. The van der Waals surface area contributed by atoms with Gasteiger partial charge in [-0.15, -0.1) is 0 Å². The zero-order valence-electron chi connectivity index (χ0n) is 10.4. The van der Waals surface area contributed by atoms with E-state index in [9.17, 15) is 9.59 Å². The van der Waals surface area contributed by atoms with Crippen LogP contribution in [0.15, 0.2) is 30.3 Å². The summed E-state index contributed by atoms with van der Waals surface area (Å²) in [6.45, 7) is 2.23. The summed E-state index contributed by atoms with van der Waals surface area (Å²) >= 11 is 0. The lowest BCUT2D eigenvalue weighted by Crippen LogP contribution is -2.39. The molecule has 1 aromatic rings. The number of nitrogens with zero attached hydrogens (tertiary/aromatic N) is 1. The molecule has 0 saturated heterocycles. The van der Waals surface area contributed by atoms with Crippen molar-refractivity contribution in [1.82, 2.24) is 4.90 Å². The first kappa shape index (κ1) is 14.0. The van der Waals surface area contributed by atoms with Gasteiger partial charge in [-0.3, -0.25) is 9.59 Å². The van der Waals surface area contributed by atoms with Crippen LogP contribution in [0.4, 0.5) is 5.69 Å². The van der Waals surface area contributed by atoms with Gasteiger partial charge >= 0.3 is 5.97 Å². The largest absolute Gasteiger partial charge is 0.480 e. The van der Waals surface area contributed by atoms with Gasteiger partial charge in [-0.1, -0.05) is 25.1 Å². The maximum absolute atomic E-state index is 11.8. The molecule has 0 spiro atoms. The quantitative estimate of drug-likeness (QED) is 0.768. The molecular formula is C13H18N2O3. The number of carboxylic acid groups (broad SMARTS) is 1. The van der Waals surface area contributed by atoms with Crippen LogP contribution in [-0.2, 0) is 9.59 Å². The molecule has 1 amide bonds. The summed E-state index contributed by atoms with van der Waals surface area (Å²) in [5, 5.41) is 11.7. The van der Waals surface area contributed by atoms with Gasteiger partial charge in [0.1, 0.15) is 6.54 Å². The molecule has 0 atom stereocenters. The van der Waals surface area contributed by atoms with E-state index in [2.05, 4.69) is 5.32 Å². The van der Waals surface area contributed by atoms with Crippen molar-refractivity contribution in [2.24, 2.45) is 0 Å². The summed E-state index contributed by atoms with van der Waals surface area (Å²) in [5.74, 6) is -1.19. The summed E-state index contributed by atoms with van der Waals surface area (Å²) in [5.41, 5.74) is 0.845. The lowest BCUT2D eigenvalue weighted by Gasteiger charge is -2.20. The molecule has 0 aliphatic heterocycles. The SMILES string of the molecule is CCCN(CC(=O)O)C(=O)CNc1ccccc1. The maximum atomic E-state index is 11.8. The number of benzene rings is 1. The Labute approximate surface area is 106 Å². The van der Waals surface area contributed by atoms with E-state index in [1.165, 1.54) is 4.90 Å². The fraction of sp³-hybridized carbons (Fsp3) is 0.385. The standard InChI is InChI=1S/C13H18N2O3/c1-2-8-15(10-13(17)18)12(16)9-14-11-6-4-3-5-7-11/h3-7,14H,2,8-10H2,1H3,(H,17,18). The Balaban J connectivity index is 2.48. The van der Waals surface area contributed by atoms with Crippen molar-refractivity contribution >= 4 is 17.6 Å². The van der Waals surface area contributed by atoms with E-state index in [1.54, 1.807) is 0 Å². The first-order valence-corrected chi connectivity index (χ1v) is 5.92. The van der Waals surface area contributed by atoms with Gasteiger partial charge in [0.15, 0.2) is 0 Å². The monoisotopic (exact) mass is 250 g/mol. The Bertz CT molecular complexity index is 392. The number of carbonyl (C=O) groups excluding carboxylic acids is 1. The number of hydrogen-bond acceptors (Lipinski definition) is 3. The van der Waals surface area contributed by atoms with Crippen molar-refractivity contribution < 1.29 is 14.7 Å². The van der Waals surface area contributed by atoms with Gasteiger partial charge in [-0.25, -0.2) is 0 Å². The molecule has 98 valence electrons. The highest BCUT2D eigenvalue weighted by atomic mass is 16.4. The minimum Gasteiger partial charge on any atom is -0.480 e. The van der Waals surface area contributed by atoms with E-state index in [0.29, 0.717) is 6.54 Å². The molecule has 5 heteroatoms. The first-order valence-electron chi connectivity index (χ1n) is 5.92. The molecule has 0 unspecified atom stereocenters. The Morgan fingerprint density at radius 2 is 1.94 bits per heavy atom. The molecule has 1 aromatic carbocycles. The van der Waals surface area contributed by atoms with Crippen LogP contribution in [0, 0.1) is 0 Å². The molecule has 0 aliphatic rings. The smallest absolute Gasteiger partial charge is 0.323 e. The predicted molar refractivity (Wildman–Crippen MR) is 69.4 cm³/mol. The molecule has 2 N–H and O–H groups in total. The van der Waals surface area contributed by atoms with E-state index in [0.717, 1.165) is 12.1 Å². The number of rotatable bonds is 7. The Hall–Kier alpha value is -2.04. The number of amides is 1. The average molecular weight is 250 g/mol.